The van der Waals surface area contributed by atoms with E-state index in [-0.39, 0.29) is 11.7 Å². The Hall–Kier alpha value is -1.00. The maximum absolute atomic E-state index is 11.8. The van der Waals surface area contributed by atoms with Gasteiger partial charge in [0, 0.05) is 17.4 Å². The second kappa shape index (κ2) is 6.07. The highest BCUT2D eigenvalue weighted by atomic mass is 32.2. The van der Waals surface area contributed by atoms with Crippen molar-refractivity contribution in [3.63, 3.8) is 0 Å². The highest BCUT2D eigenvalue weighted by molar-refractivity contribution is 8.00. The van der Waals surface area contributed by atoms with E-state index in [0.717, 1.165) is 23.7 Å². The lowest BCUT2D eigenvalue weighted by Gasteiger charge is -2.07. The topological polar surface area (TPSA) is 35.5 Å². The molecule has 1 aromatic carbocycles. The fourth-order valence-corrected chi connectivity index (χ4v) is 2.67. The van der Waals surface area contributed by atoms with Gasteiger partial charge in [-0.2, -0.15) is 0 Å². The minimum absolute atomic E-state index is 0.105. The molecule has 1 fully saturated rings. The van der Waals surface area contributed by atoms with Crippen LogP contribution in [0.1, 0.15) is 6.42 Å². The molecule has 0 N–H and O–H groups in total. The molecule has 1 heterocycles. The van der Waals surface area contributed by atoms with Gasteiger partial charge in [0.25, 0.3) is 0 Å². The molecule has 1 saturated heterocycles. The average Bonchev–Trinajstić information content (AvgIpc) is 2.90. The fraction of sp³-hybridized carbons (Fsp3) is 0.462. The molecule has 1 unspecified atom stereocenters. The lowest BCUT2D eigenvalue weighted by atomic mass is 10.1. The Morgan fingerprint density at radius 3 is 3.18 bits per heavy atom. The van der Waals surface area contributed by atoms with Crippen molar-refractivity contribution < 1.29 is 14.3 Å². The van der Waals surface area contributed by atoms with Crippen molar-refractivity contribution in [2.45, 2.75) is 11.3 Å². The number of carbonyl (C=O) groups is 1. The predicted octanol–water partition coefficient (Wildman–Crippen LogP) is 2.39. The zero-order valence-electron chi connectivity index (χ0n) is 9.85. The summed E-state index contributed by atoms with van der Waals surface area (Å²) >= 11 is 1.56. The molecule has 1 aromatic rings. The molecule has 1 aliphatic rings. The maximum Gasteiger partial charge on any atom is 0.148 e. The highest BCUT2D eigenvalue weighted by Gasteiger charge is 2.23. The van der Waals surface area contributed by atoms with E-state index in [9.17, 15) is 4.79 Å². The summed E-state index contributed by atoms with van der Waals surface area (Å²) in [6.07, 6.45) is 0.873. The number of rotatable bonds is 5. The van der Waals surface area contributed by atoms with Gasteiger partial charge in [-0.05, 0) is 24.6 Å². The van der Waals surface area contributed by atoms with Crippen LogP contribution in [0.25, 0.3) is 0 Å². The van der Waals surface area contributed by atoms with Crippen LogP contribution in [-0.4, -0.2) is 31.9 Å². The van der Waals surface area contributed by atoms with Crippen molar-refractivity contribution in [3.05, 3.63) is 24.3 Å². The Morgan fingerprint density at radius 2 is 2.47 bits per heavy atom. The van der Waals surface area contributed by atoms with Gasteiger partial charge in [-0.15, -0.1) is 11.8 Å². The number of hydrogen-bond acceptors (Lipinski definition) is 4. The number of Topliss-reactive ketones (excluding diaryl/α,β-unsaturated/α-hetero) is 1. The van der Waals surface area contributed by atoms with Gasteiger partial charge in [-0.25, -0.2) is 0 Å². The van der Waals surface area contributed by atoms with E-state index in [4.69, 9.17) is 9.47 Å². The maximum atomic E-state index is 11.8. The molecule has 0 radical (unpaired) electrons. The molecular formula is C13H16O3S. The summed E-state index contributed by atoms with van der Waals surface area (Å²) in [6.45, 7) is 1.32. The van der Waals surface area contributed by atoms with Crippen LogP contribution in [0.3, 0.4) is 0 Å². The third-order valence-corrected chi connectivity index (χ3v) is 3.82. The molecule has 1 aliphatic heterocycles. The van der Waals surface area contributed by atoms with Gasteiger partial charge >= 0.3 is 0 Å². The normalized spacial score (nSPS) is 19.2. The van der Waals surface area contributed by atoms with Gasteiger partial charge in [0.2, 0.25) is 0 Å². The molecule has 17 heavy (non-hydrogen) atoms. The van der Waals surface area contributed by atoms with Crippen LogP contribution in [0.5, 0.6) is 5.75 Å². The van der Waals surface area contributed by atoms with Crippen LogP contribution in [0.15, 0.2) is 29.2 Å². The first-order valence-electron chi connectivity index (χ1n) is 5.67. The molecule has 0 aliphatic carbocycles. The zero-order valence-corrected chi connectivity index (χ0v) is 10.7. The Morgan fingerprint density at radius 1 is 1.59 bits per heavy atom. The minimum Gasteiger partial charge on any atom is -0.497 e. The van der Waals surface area contributed by atoms with Crippen molar-refractivity contribution in [1.29, 1.82) is 0 Å². The number of carbonyl (C=O) groups excluding carboxylic acids is 1. The molecule has 3 nitrogen and oxygen atoms in total. The highest BCUT2D eigenvalue weighted by Crippen LogP contribution is 2.24. The molecule has 0 saturated carbocycles. The molecule has 0 amide bonds. The van der Waals surface area contributed by atoms with Gasteiger partial charge in [-0.1, -0.05) is 6.07 Å². The fourth-order valence-electron chi connectivity index (χ4n) is 1.75. The number of hydrogen-bond donors (Lipinski definition) is 0. The average molecular weight is 252 g/mol. The van der Waals surface area contributed by atoms with Crippen LogP contribution in [0.2, 0.25) is 0 Å². The van der Waals surface area contributed by atoms with Crippen LogP contribution >= 0.6 is 11.8 Å². The third-order valence-electron chi connectivity index (χ3n) is 2.81. The van der Waals surface area contributed by atoms with Crippen LogP contribution < -0.4 is 4.74 Å². The van der Waals surface area contributed by atoms with Gasteiger partial charge in [-0.3, -0.25) is 4.79 Å². The van der Waals surface area contributed by atoms with Crippen molar-refractivity contribution >= 4 is 17.5 Å². The van der Waals surface area contributed by atoms with Crippen molar-refractivity contribution in [2.75, 3.05) is 26.1 Å². The van der Waals surface area contributed by atoms with Crippen LogP contribution in [0, 0.1) is 5.92 Å². The van der Waals surface area contributed by atoms with Crippen LogP contribution in [-0.2, 0) is 9.53 Å². The predicted molar refractivity (Wildman–Crippen MR) is 67.7 cm³/mol. The van der Waals surface area contributed by atoms with E-state index < -0.39 is 0 Å². The van der Waals surface area contributed by atoms with Gasteiger partial charge in [0.05, 0.1) is 19.5 Å². The summed E-state index contributed by atoms with van der Waals surface area (Å²) in [5, 5.41) is 0. The van der Waals surface area contributed by atoms with E-state index in [1.807, 2.05) is 24.3 Å². The minimum atomic E-state index is 0.105. The summed E-state index contributed by atoms with van der Waals surface area (Å²) in [5.41, 5.74) is 0. The number of ketones is 1. The second-order valence-electron chi connectivity index (χ2n) is 3.99. The Kier molecular flexibility index (Phi) is 4.45. The summed E-state index contributed by atoms with van der Waals surface area (Å²) in [4.78, 5) is 12.9. The Labute approximate surface area is 105 Å². The lowest BCUT2D eigenvalue weighted by molar-refractivity contribution is -0.120. The van der Waals surface area contributed by atoms with Gasteiger partial charge < -0.3 is 9.47 Å². The van der Waals surface area contributed by atoms with Gasteiger partial charge in [0.1, 0.15) is 11.5 Å². The van der Waals surface area contributed by atoms with E-state index in [2.05, 4.69) is 0 Å². The largest absolute Gasteiger partial charge is 0.497 e. The monoisotopic (exact) mass is 252 g/mol. The molecular weight excluding hydrogens is 236 g/mol. The summed E-state index contributed by atoms with van der Waals surface area (Å²) < 4.78 is 10.4. The molecule has 1 atom stereocenters. The molecule has 2 rings (SSSR count). The SMILES string of the molecule is COc1cccc(SCC(=O)C2CCOC2)c1. The smallest absolute Gasteiger partial charge is 0.148 e. The molecule has 4 heteroatoms. The molecule has 0 aromatic heterocycles. The zero-order chi connectivity index (χ0) is 12.1. The van der Waals surface area contributed by atoms with Crippen molar-refractivity contribution in [3.8, 4) is 5.75 Å². The first-order chi connectivity index (χ1) is 8.29. The first-order valence-corrected chi connectivity index (χ1v) is 6.65. The lowest BCUT2D eigenvalue weighted by Crippen LogP contribution is -2.16. The van der Waals surface area contributed by atoms with Gasteiger partial charge in [0.15, 0.2) is 0 Å². The standard InChI is InChI=1S/C13H16O3S/c1-15-11-3-2-4-12(7-11)17-9-13(14)10-5-6-16-8-10/h2-4,7,10H,5-6,8-9H2,1H3. The summed E-state index contributed by atoms with van der Waals surface area (Å²) in [6, 6.07) is 7.77. The molecule has 92 valence electrons. The quantitative estimate of drug-likeness (QED) is 0.754. The van der Waals surface area contributed by atoms with Crippen molar-refractivity contribution in [2.24, 2.45) is 5.92 Å². The Balaban J connectivity index is 1.86. The number of thioether (sulfide) groups is 1. The molecule has 0 bridgehead atoms. The van der Waals surface area contributed by atoms with E-state index in [1.54, 1.807) is 18.9 Å². The third kappa shape index (κ3) is 3.48. The van der Waals surface area contributed by atoms with E-state index in [1.165, 1.54) is 0 Å². The summed E-state index contributed by atoms with van der Waals surface area (Å²) in [5.74, 6) is 1.73. The number of benzene rings is 1. The van der Waals surface area contributed by atoms with E-state index >= 15 is 0 Å². The first kappa shape index (κ1) is 12.5. The number of methoxy groups -OCH3 is 1. The summed E-state index contributed by atoms with van der Waals surface area (Å²) in [7, 11) is 1.64. The van der Waals surface area contributed by atoms with Crippen molar-refractivity contribution in [1.82, 2.24) is 0 Å². The second-order valence-corrected chi connectivity index (χ2v) is 5.04. The Bertz CT molecular complexity index is 386. The van der Waals surface area contributed by atoms with E-state index in [0.29, 0.717) is 12.4 Å². The molecule has 0 spiro atoms. The van der Waals surface area contributed by atoms with Crippen LogP contribution in [0.4, 0.5) is 0 Å². The number of ether oxygens (including phenoxy) is 2.